The SMILES string of the molecule is c1ccc(-c2ccc3c(c2)c2ccc4c5cc(-c6ccccc6)ccc5n(-c5ccccc5)c4c2n3-c2ccccc2)cc1.c1ccc(-c2cccc(-n3c4ccccc4c4ccc5c6ccccc6n(-c6cccc(-c7ccc8c(c7)c7ccccc7n8-c7ccccc7)c6)c5c43)c2)cc1.c1ccc(-n2c3ccccc3c3ccc4c5ccccc5n(-c5ccc(-n6c7ccccc7c7ccccc76)cc5)c4c32)cc1. The van der Waals surface area contributed by atoms with Crippen LogP contribution >= 0.6 is 0 Å². The van der Waals surface area contributed by atoms with Gasteiger partial charge in [0.25, 0.3) is 0 Å². The summed E-state index contributed by atoms with van der Waals surface area (Å²) in [7, 11) is 0. The van der Waals surface area contributed by atoms with Crippen molar-refractivity contribution >= 4 is 174 Å². The van der Waals surface area contributed by atoms with E-state index in [4.69, 9.17) is 0 Å². The monoisotopic (exact) mass is 1860 g/mol. The molecule has 8 nitrogen and oxygen atoms in total. The number of fused-ring (bicyclic) bond motifs is 27. The number of para-hydroxylation sites is 11. The summed E-state index contributed by atoms with van der Waals surface area (Å²) in [5, 5.41) is 20.0. The van der Waals surface area contributed by atoms with E-state index in [1.807, 2.05) is 0 Å². The van der Waals surface area contributed by atoms with Crippen LogP contribution in [0.1, 0.15) is 0 Å². The number of hydrogen-bond donors (Lipinski definition) is 0. The smallest absolute Gasteiger partial charge is 0.0788 e. The first-order valence-corrected chi connectivity index (χ1v) is 50.2. The van der Waals surface area contributed by atoms with Crippen LogP contribution in [0.5, 0.6) is 0 Å². The van der Waals surface area contributed by atoms with E-state index in [1.165, 1.54) is 225 Å². The molecule has 0 aliphatic carbocycles. The summed E-state index contributed by atoms with van der Waals surface area (Å²) in [6.45, 7) is 0. The van der Waals surface area contributed by atoms with Gasteiger partial charge in [-0.15, -0.1) is 0 Å². The van der Waals surface area contributed by atoms with Gasteiger partial charge in [0.05, 0.1) is 88.3 Å². The Balaban J connectivity index is 0.000000105. The molecule has 0 aliphatic heterocycles. The predicted octanol–water partition coefficient (Wildman–Crippen LogP) is 36.5. The van der Waals surface area contributed by atoms with Crippen LogP contribution < -0.4 is 0 Å². The van der Waals surface area contributed by atoms with Gasteiger partial charge in [0.15, 0.2) is 0 Å². The molecule has 0 radical (unpaired) electrons. The molecular formula is C138H90N8. The Labute approximate surface area is 841 Å². The fourth-order valence-corrected chi connectivity index (χ4v) is 23.8. The molecule has 0 amide bonds. The largest absolute Gasteiger partial charge is 0.309 e. The van der Waals surface area contributed by atoms with Gasteiger partial charge >= 0.3 is 0 Å². The maximum atomic E-state index is 2.49. The number of nitrogens with zero attached hydrogens (tertiary/aromatic N) is 8. The van der Waals surface area contributed by atoms with Gasteiger partial charge in [-0.2, -0.15) is 0 Å². The molecule has 682 valence electrons. The molecular weight excluding hydrogens is 1770 g/mol. The van der Waals surface area contributed by atoms with Crippen molar-refractivity contribution in [2.45, 2.75) is 0 Å². The lowest BCUT2D eigenvalue weighted by Gasteiger charge is -2.14. The third-order valence-corrected chi connectivity index (χ3v) is 30.1. The molecule has 0 atom stereocenters. The van der Waals surface area contributed by atoms with Crippen LogP contribution in [0.3, 0.4) is 0 Å². The minimum Gasteiger partial charge on any atom is -0.309 e. The minimum atomic E-state index is 1.13. The van der Waals surface area contributed by atoms with Gasteiger partial charge < -0.3 is 36.5 Å². The van der Waals surface area contributed by atoms with E-state index >= 15 is 0 Å². The topological polar surface area (TPSA) is 39.4 Å². The Hall–Kier alpha value is -19.5. The first-order chi connectivity index (χ1) is 72.5. The van der Waals surface area contributed by atoms with Crippen molar-refractivity contribution in [3.8, 4) is 90.0 Å². The van der Waals surface area contributed by atoms with Crippen molar-refractivity contribution < 1.29 is 0 Å². The highest BCUT2D eigenvalue weighted by Crippen LogP contribution is 2.49. The molecule has 0 bridgehead atoms. The molecule has 8 heteroatoms. The molecule has 0 unspecified atom stereocenters. The van der Waals surface area contributed by atoms with Crippen LogP contribution in [0.15, 0.2) is 546 Å². The molecule has 31 aromatic rings. The first-order valence-electron chi connectivity index (χ1n) is 50.2. The molecule has 0 saturated carbocycles. The highest BCUT2D eigenvalue weighted by atomic mass is 15.1. The zero-order valence-corrected chi connectivity index (χ0v) is 79.5. The maximum absolute atomic E-state index is 2.49. The average Bonchev–Trinajstić information content (AvgIpc) is 1.53. The standard InChI is InChI=1S/C54H35N3.C42H27N3.C42H28N2/c1-3-15-36(16-4-1)37-17-13-21-41(33-37)56-50-27-11-7-23-43(50)46-30-31-47-44-24-8-12-28-51(44)57(54(47)53(46)56)42-22-14-18-38(34-42)39-29-32-52-48(35-39)45-25-9-10-26-49(45)55(52)40-19-5-2-6-20-40;1-2-12-28(13-3-1)44-39-20-10-6-16-33(39)35-26-27-36-34-17-7-11-21-40(34)45(42(36)41(35)44)30-24-22-29(23-25-30)43-37-18-8-4-14-31(37)32-15-5-9-19-38(32)43;1-5-13-29(14-6-1)31-21-25-39-37(27-31)35-23-24-36-38-28-32(30-15-7-2-8-16-30)22-26-40(38)44(34-19-11-4-12-20-34)42(36)41(35)43(39)33-17-9-3-10-18-33/h1-35H;1-27H;1-28H. The van der Waals surface area contributed by atoms with Crippen LogP contribution in [0.25, 0.3) is 264 Å². The Kier molecular flexibility index (Phi) is 19.5. The van der Waals surface area contributed by atoms with E-state index in [-0.39, 0.29) is 0 Å². The lowest BCUT2D eigenvalue weighted by molar-refractivity contribution is 1.13. The molecule has 146 heavy (non-hydrogen) atoms. The van der Waals surface area contributed by atoms with E-state index < -0.39 is 0 Å². The van der Waals surface area contributed by atoms with Crippen molar-refractivity contribution in [2.75, 3.05) is 0 Å². The Bertz CT molecular complexity index is 10400. The Morgan fingerprint density at radius 3 is 0.541 bits per heavy atom. The van der Waals surface area contributed by atoms with Crippen molar-refractivity contribution in [1.29, 1.82) is 0 Å². The fraction of sp³-hybridized carbons (Fsp3) is 0. The number of hydrogen-bond acceptors (Lipinski definition) is 0. The minimum absolute atomic E-state index is 1.13. The molecule has 0 spiro atoms. The maximum Gasteiger partial charge on any atom is 0.0788 e. The van der Waals surface area contributed by atoms with Crippen LogP contribution in [0, 0.1) is 0 Å². The molecule has 8 heterocycles. The van der Waals surface area contributed by atoms with Crippen LogP contribution in [-0.2, 0) is 0 Å². The van der Waals surface area contributed by atoms with Crippen LogP contribution in [-0.4, -0.2) is 36.5 Å². The molecule has 0 aliphatic rings. The zero-order valence-electron chi connectivity index (χ0n) is 79.5. The van der Waals surface area contributed by atoms with Crippen LogP contribution in [0.4, 0.5) is 0 Å². The van der Waals surface area contributed by atoms with Gasteiger partial charge in [0.1, 0.15) is 0 Å². The van der Waals surface area contributed by atoms with Gasteiger partial charge in [-0.1, -0.05) is 370 Å². The fourth-order valence-electron chi connectivity index (χ4n) is 23.8. The van der Waals surface area contributed by atoms with E-state index in [2.05, 4.69) is 583 Å². The number of aromatic nitrogens is 8. The highest BCUT2D eigenvalue weighted by Gasteiger charge is 2.28. The summed E-state index contributed by atoms with van der Waals surface area (Å²) in [5.74, 6) is 0. The summed E-state index contributed by atoms with van der Waals surface area (Å²) in [4.78, 5) is 0. The van der Waals surface area contributed by atoms with Crippen LogP contribution in [0.2, 0.25) is 0 Å². The van der Waals surface area contributed by atoms with Crippen molar-refractivity contribution in [1.82, 2.24) is 36.5 Å². The van der Waals surface area contributed by atoms with Gasteiger partial charge in [-0.3, -0.25) is 0 Å². The highest BCUT2D eigenvalue weighted by molar-refractivity contribution is 6.28. The Morgan fingerprint density at radius 2 is 0.247 bits per heavy atom. The molecule has 0 N–H and O–H groups in total. The van der Waals surface area contributed by atoms with Crippen molar-refractivity contribution in [2.24, 2.45) is 0 Å². The summed E-state index contributed by atoms with van der Waals surface area (Å²) in [6.07, 6.45) is 0. The second-order valence-corrected chi connectivity index (χ2v) is 38.1. The Morgan fingerprint density at radius 1 is 0.0822 bits per heavy atom. The summed E-state index contributed by atoms with van der Waals surface area (Å²) in [6, 6.07) is 198. The van der Waals surface area contributed by atoms with E-state index in [0.717, 1.165) is 39.8 Å². The summed E-state index contributed by atoms with van der Waals surface area (Å²) < 4.78 is 19.5. The quantitative estimate of drug-likeness (QED) is 0.117. The molecule has 0 fully saturated rings. The van der Waals surface area contributed by atoms with E-state index in [9.17, 15) is 0 Å². The van der Waals surface area contributed by atoms with Gasteiger partial charge in [0, 0.05) is 132 Å². The third kappa shape index (κ3) is 13.3. The number of benzene rings is 23. The summed E-state index contributed by atoms with van der Waals surface area (Å²) in [5.41, 5.74) is 38.2. The second kappa shape index (κ2) is 34.2. The zero-order chi connectivity index (χ0) is 96.0. The lowest BCUT2D eigenvalue weighted by atomic mass is 10.0. The molecule has 8 aromatic heterocycles. The normalized spacial score (nSPS) is 11.8. The summed E-state index contributed by atoms with van der Waals surface area (Å²) >= 11 is 0. The van der Waals surface area contributed by atoms with Gasteiger partial charge in [-0.05, 0) is 220 Å². The van der Waals surface area contributed by atoms with Crippen molar-refractivity contribution in [3.05, 3.63) is 546 Å². The number of rotatable bonds is 12. The average molecular weight is 1860 g/mol. The van der Waals surface area contributed by atoms with Crippen molar-refractivity contribution in [3.63, 3.8) is 0 Å². The third-order valence-electron chi connectivity index (χ3n) is 30.1. The molecule has 31 rings (SSSR count). The van der Waals surface area contributed by atoms with Gasteiger partial charge in [0.2, 0.25) is 0 Å². The van der Waals surface area contributed by atoms with E-state index in [0.29, 0.717) is 0 Å². The molecule has 23 aromatic carbocycles. The second-order valence-electron chi connectivity index (χ2n) is 38.1. The molecule has 0 saturated heterocycles. The first kappa shape index (κ1) is 83.4. The lowest BCUT2D eigenvalue weighted by Crippen LogP contribution is -1.99. The van der Waals surface area contributed by atoms with E-state index in [1.54, 1.807) is 0 Å². The predicted molar refractivity (Wildman–Crippen MR) is 616 cm³/mol. The van der Waals surface area contributed by atoms with Gasteiger partial charge in [-0.25, -0.2) is 0 Å².